The molecule has 0 radical (unpaired) electrons. The molecule has 1 fully saturated rings. The fourth-order valence-electron chi connectivity index (χ4n) is 2.74. The van der Waals surface area contributed by atoms with Gasteiger partial charge in [0.2, 0.25) is 0 Å². The summed E-state index contributed by atoms with van der Waals surface area (Å²) in [6.45, 7) is 5.74. The van der Waals surface area contributed by atoms with Crippen LogP contribution in [-0.4, -0.2) is 62.9 Å². The molecule has 21 heavy (non-hydrogen) atoms. The fourth-order valence-corrected chi connectivity index (χ4v) is 3.57. The molecule has 0 saturated carbocycles. The lowest BCUT2D eigenvalue weighted by molar-refractivity contribution is 0.0760. The van der Waals surface area contributed by atoms with Crippen molar-refractivity contribution in [3.63, 3.8) is 0 Å². The molecular formula is C14H20N2O4S. The summed E-state index contributed by atoms with van der Waals surface area (Å²) >= 11 is 1.36. The predicted octanol–water partition coefficient (Wildman–Crippen LogP) is 0.968. The molecule has 2 aliphatic rings. The number of likely N-dealkylation sites (tertiary alicyclic amines) is 1. The molecule has 0 bridgehead atoms. The molecule has 0 aromatic carbocycles. The van der Waals surface area contributed by atoms with E-state index in [2.05, 4.69) is 17.1 Å². The Hall–Kier alpha value is -1.31. The van der Waals surface area contributed by atoms with E-state index in [0.717, 1.165) is 19.6 Å². The second kappa shape index (κ2) is 6.21. The van der Waals surface area contributed by atoms with Crippen molar-refractivity contribution in [2.24, 2.45) is 0 Å². The van der Waals surface area contributed by atoms with Crippen LogP contribution in [0.2, 0.25) is 0 Å². The molecule has 6 nitrogen and oxygen atoms in total. The Kier molecular flexibility index (Phi) is 4.32. The van der Waals surface area contributed by atoms with Crippen molar-refractivity contribution in [3.05, 3.63) is 10.3 Å². The number of nitrogens with zero attached hydrogens (tertiary/aromatic N) is 1. The van der Waals surface area contributed by atoms with E-state index in [4.69, 9.17) is 14.2 Å². The van der Waals surface area contributed by atoms with Gasteiger partial charge in [-0.2, -0.15) is 0 Å². The topological polar surface area (TPSA) is 60.0 Å². The average molecular weight is 312 g/mol. The van der Waals surface area contributed by atoms with Crippen LogP contribution in [0.25, 0.3) is 0 Å². The fraction of sp³-hybridized carbons (Fsp3) is 0.643. The zero-order chi connectivity index (χ0) is 14.8. The minimum Gasteiger partial charge on any atom is -0.485 e. The van der Waals surface area contributed by atoms with Crippen LogP contribution >= 0.6 is 11.3 Å². The van der Waals surface area contributed by atoms with Gasteiger partial charge in [0.15, 0.2) is 11.5 Å². The van der Waals surface area contributed by atoms with E-state index in [1.165, 1.54) is 11.3 Å². The number of carbonyl (C=O) groups is 1. The Morgan fingerprint density at radius 2 is 2.29 bits per heavy atom. The second-order valence-corrected chi connectivity index (χ2v) is 6.04. The van der Waals surface area contributed by atoms with E-state index in [1.54, 1.807) is 7.11 Å². The second-order valence-electron chi connectivity index (χ2n) is 5.16. The van der Waals surface area contributed by atoms with Gasteiger partial charge in [-0.1, -0.05) is 6.92 Å². The maximum absolute atomic E-state index is 12.5. The van der Waals surface area contributed by atoms with Gasteiger partial charge in [-0.15, -0.1) is 11.3 Å². The number of rotatable bonds is 4. The summed E-state index contributed by atoms with van der Waals surface area (Å²) in [5.41, 5.74) is 0. The first kappa shape index (κ1) is 14.6. The van der Waals surface area contributed by atoms with Crippen molar-refractivity contribution in [3.8, 4) is 11.5 Å². The number of carbonyl (C=O) groups excluding carboxylic acids is 1. The molecule has 1 N–H and O–H groups in total. The summed E-state index contributed by atoms with van der Waals surface area (Å²) in [5.74, 6) is 1.13. The van der Waals surface area contributed by atoms with Crippen LogP contribution in [0.3, 0.4) is 0 Å². The lowest BCUT2D eigenvalue weighted by Gasteiger charge is -2.19. The Balaban J connectivity index is 1.70. The third-order valence-corrected chi connectivity index (χ3v) is 4.85. The van der Waals surface area contributed by atoms with E-state index in [1.807, 2.05) is 5.38 Å². The Labute approximate surface area is 128 Å². The summed E-state index contributed by atoms with van der Waals surface area (Å²) < 4.78 is 16.5. The average Bonchev–Trinajstić information content (AvgIpc) is 3.10. The first-order valence-corrected chi connectivity index (χ1v) is 8.04. The number of likely N-dealkylation sites (N-methyl/N-ethyl adjacent to an activating group) is 1. The summed E-state index contributed by atoms with van der Waals surface area (Å²) in [6.07, 6.45) is 0.0295. The van der Waals surface area contributed by atoms with Gasteiger partial charge >= 0.3 is 0 Å². The molecule has 1 amide bonds. The van der Waals surface area contributed by atoms with Crippen molar-refractivity contribution in [1.29, 1.82) is 0 Å². The van der Waals surface area contributed by atoms with Crippen LogP contribution in [-0.2, 0) is 4.74 Å². The Morgan fingerprint density at radius 1 is 1.48 bits per heavy atom. The lowest BCUT2D eigenvalue weighted by Crippen LogP contribution is -2.43. The van der Waals surface area contributed by atoms with Gasteiger partial charge in [0.1, 0.15) is 18.1 Å². The largest absolute Gasteiger partial charge is 0.485 e. The van der Waals surface area contributed by atoms with E-state index < -0.39 is 0 Å². The number of ether oxygens (including phenoxy) is 3. The van der Waals surface area contributed by atoms with Crippen molar-refractivity contribution in [2.75, 3.05) is 40.0 Å². The third kappa shape index (κ3) is 2.86. The summed E-state index contributed by atoms with van der Waals surface area (Å²) in [5, 5.41) is 4.89. The minimum atomic E-state index is -0.114. The highest BCUT2D eigenvalue weighted by molar-refractivity contribution is 7.12. The van der Waals surface area contributed by atoms with E-state index in [9.17, 15) is 4.79 Å². The number of fused-ring (bicyclic) bond motifs is 1. The van der Waals surface area contributed by atoms with Crippen LogP contribution in [0.15, 0.2) is 5.38 Å². The molecule has 3 heterocycles. The van der Waals surface area contributed by atoms with E-state index in [-0.39, 0.29) is 18.1 Å². The molecule has 0 spiro atoms. The standard InChI is InChI=1S/C14H20N2O4S/c1-3-16-6-9(10(7-16)18-2)15-14(17)13-12-11(8-21-13)19-4-5-20-12/h8-10H,3-7H2,1-2H3,(H,15,17). The summed E-state index contributed by atoms with van der Waals surface area (Å²) in [6, 6.07) is 0.00436. The predicted molar refractivity (Wildman–Crippen MR) is 79.5 cm³/mol. The molecule has 2 aliphatic heterocycles. The maximum Gasteiger partial charge on any atom is 0.265 e. The van der Waals surface area contributed by atoms with Crippen molar-refractivity contribution < 1.29 is 19.0 Å². The highest BCUT2D eigenvalue weighted by Crippen LogP contribution is 2.39. The maximum atomic E-state index is 12.5. The van der Waals surface area contributed by atoms with Gasteiger partial charge in [0.05, 0.1) is 12.1 Å². The molecule has 1 aromatic heterocycles. The van der Waals surface area contributed by atoms with Gasteiger partial charge in [0.25, 0.3) is 5.91 Å². The zero-order valence-corrected chi connectivity index (χ0v) is 13.1. The monoisotopic (exact) mass is 312 g/mol. The SMILES string of the molecule is CCN1CC(NC(=O)c2scc3c2OCCO3)C(OC)C1. The van der Waals surface area contributed by atoms with Gasteiger partial charge in [0, 0.05) is 25.6 Å². The molecule has 1 saturated heterocycles. The number of thiophene rings is 1. The summed E-state index contributed by atoms with van der Waals surface area (Å²) in [7, 11) is 1.69. The quantitative estimate of drug-likeness (QED) is 0.898. The van der Waals surface area contributed by atoms with Crippen LogP contribution in [0.5, 0.6) is 11.5 Å². The number of nitrogens with one attached hydrogen (secondary N) is 1. The van der Waals surface area contributed by atoms with Crippen molar-refractivity contribution >= 4 is 17.2 Å². The van der Waals surface area contributed by atoms with Gasteiger partial charge in [-0.25, -0.2) is 0 Å². The van der Waals surface area contributed by atoms with Crippen LogP contribution in [0.1, 0.15) is 16.6 Å². The normalized spacial score (nSPS) is 25.0. The smallest absolute Gasteiger partial charge is 0.265 e. The van der Waals surface area contributed by atoms with Crippen LogP contribution < -0.4 is 14.8 Å². The molecule has 2 unspecified atom stereocenters. The number of hydrogen-bond acceptors (Lipinski definition) is 6. The number of methoxy groups -OCH3 is 1. The number of amides is 1. The molecule has 3 rings (SSSR count). The minimum absolute atomic E-state index is 0.00436. The van der Waals surface area contributed by atoms with Crippen LogP contribution in [0.4, 0.5) is 0 Å². The molecule has 7 heteroatoms. The van der Waals surface area contributed by atoms with Crippen LogP contribution in [0, 0.1) is 0 Å². The highest BCUT2D eigenvalue weighted by atomic mass is 32.1. The Morgan fingerprint density at radius 3 is 3.05 bits per heavy atom. The third-order valence-electron chi connectivity index (χ3n) is 3.92. The first-order chi connectivity index (χ1) is 10.2. The van der Waals surface area contributed by atoms with Crippen molar-refractivity contribution in [1.82, 2.24) is 10.2 Å². The van der Waals surface area contributed by atoms with E-state index in [0.29, 0.717) is 29.6 Å². The number of hydrogen-bond donors (Lipinski definition) is 1. The Bertz CT molecular complexity index is 519. The van der Waals surface area contributed by atoms with E-state index >= 15 is 0 Å². The van der Waals surface area contributed by atoms with Gasteiger partial charge in [-0.3, -0.25) is 9.69 Å². The highest BCUT2D eigenvalue weighted by Gasteiger charge is 2.34. The molecule has 0 aliphatic carbocycles. The van der Waals surface area contributed by atoms with Gasteiger partial charge < -0.3 is 19.5 Å². The molecule has 1 aromatic rings. The van der Waals surface area contributed by atoms with Gasteiger partial charge in [-0.05, 0) is 6.54 Å². The zero-order valence-electron chi connectivity index (χ0n) is 12.3. The molecule has 2 atom stereocenters. The molecule has 116 valence electrons. The molecular weight excluding hydrogens is 292 g/mol. The lowest BCUT2D eigenvalue weighted by atomic mass is 10.2. The first-order valence-electron chi connectivity index (χ1n) is 7.16. The summed E-state index contributed by atoms with van der Waals surface area (Å²) in [4.78, 5) is 15.3. The van der Waals surface area contributed by atoms with Crippen molar-refractivity contribution in [2.45, 2.75) is 19.1 Å².